The molecule has 0 aromatic heterocycles. The SMILES string of the molecule is CCN(CC)c1ccc(C(=O)c2ccc(N(CC)CC)cc2)cc1.CCc1cc(CC)c2c(c1)Cc1ccccc1S2=O. The third-order valence-corrected chi connectivity index (χ3v) is 10.0. The van der Waals surface area contributed by atoms with E-state index in [2.05, 4.69) is 69.5 Å². The smallest absolute Gasteiger partial charge is 0.193 e. The Kier molecular flexibility index (Phi) is 11.4. The predicted molar refractivity (Wildman–Crippen MR) is 183 cm³/mol. The molecule has 43 heavy (non-hydrogen) atoms. The summed E-state index contributed by atoms with van der Waals surface area (Å²) in [5.41, 5.74) is 8.87. The van der Waals surface area contributed by atoms with Gasteiger partial charge in [0.05, 0.1) is 15.7 Å². The van der Waals surface area contributed by atoms with Gasteiger partial charge in [-0.1, -0.05) is 44.2 Å². The highest BCUT2D eigenvalue weighted by Crippen LogP contribution is 2.35. The minimum atomic E-state index is -1.01. The van der Waals surface area contributed by atoms with Crippen LogP contribution in [0.2, 0.25) is 0 Å². The molecule has 0 radical (unpaired) electrons. The van der Waals surface area contributed by atoms with Crippen LogP contribution in [0.5, 0.6) is 0 Å². The number of carbonyl (C=O) groups is 1. The third-order valence-electron chi connectivity index (χ3n) is 8.35. The number of nitrogens with zero attached hydrogens (tertiary/aromatic N) is 2. The first-order chi connectivity index (χ1) is 20.9. The Balaban J connectivity index is 0.000000202. The highest BCUT2D eigenvalue weighted by atomic mass is 32.2. The largest absolute Gasteiger partial charge is 0.372 e. The van der Waals surface area contributed by atoms with Crippen molar-refractivity contribution in [1.82, 2.24) is 0 Å². The van der Waals surface area contributed by atoms with Gasteiger partial charge < -0.3 is 9.80 Å². The van der Waals surface area contributed by atoms with E-state index in [1.54, 1.807) is 0 Å². The van der Waals surface area contributed by atoms with Crippen molar-refractivity contribution >= 4 is 28.0 Å². The van der Waals surface area contributed by atoms with Gasteiger partial charge >= 0.3 is 0 Å². The summed E-state index contributed by atoms with van der Waals surface area (Å²) in [5, 5.41) is 0. The molecule has 0 saturated carbocycles. The molecule has 1 aliphatic heterocycles. The monoisotopic (exact) mass is 594 g/mol. The van der Waals surface area contributed by atoms with Gasteiger partial charge in [0, 0.05) is 53.6 Å². The van der Waals surface area contributed by atoms with Crippen LogP contribution < -0.4 is 9.80 Å². The molecule has 4 aromatic rings. The number of carbonyl (C=O) groups excluding carboxylic acids is 1. The molecule has 5 heteroatoms. The second-order valence-electron chi connectivity index (χ2n) is 10.8. The Hall–Kier alpha value is -3.70. The van der Waals surface area contributed by atoms with Crippen LogP contribution in [0.25, 0.3) is 0 Å². The summed E-state index contributed by atoms with van der Waals surface area (Å²) in [7, 11) is -1.01. The zero-order chi connectivity index (χ0) is 30.9. The summed E-state index contributed by atoms with van der Waals surface area (Å²) in [5.74, 6) is 0.0761. The number of fused-ring (bicyclic) bond motifs is 2. The number of aryl methyl sites for hydroxylation is 2. The quantitative estimate of drug-likeness (QED) is 0.152. The number of ketones is 1. The van der Waals surface area contributed by atoms with Crippen molar-refractivity contribution in [1.29, 1.82) is 0 Å². The number of hydrogen-bond acceptors (Lipinski definition) is 4. The van der Waals surface area contributed by atoms with Crippen LogP contribution >= 0.6 is 0 Å². The summed E-state index contributed by atoms with van der Waals surface area (Å²) in [4.78, 5) is 19.3. The van der Waals surface area contributed by atoms with E-state index in [1.165, 1.54) is 22.3 Å². The molecule has 0 amide bonds. The van der Waals surface area contributed by atoms with Crippen LogP contribution in [0.3, 0.4) is 0 Å². The molecule has 1 atom stereocenters. The molecule has 0 spiro atoms. The Labute approximate surface area is 261 Å². The summed E-state index contributed by atoms with van der Waals surface area (Å²) < 4.78 is 12.8. The lowest BCUT2D eigenvalue weighted by atomic mass is 9.97. The fourth-order valence-electron chi connectivity index (χ4n) is 5.80. The van der Waals surface area contributed by atoms with E-state index in [0.717, 1.165) is 77.7 Å². The van der Waals surface area contributed by atoms with Gasteiger partial charge in [-0.15, -0.1) is 0 Å². The average molecular weight is 595 g/mol. The molecule has 4 aromatic carbocycles. The molecular formula is C38H46N2O2S. The van der Waals surface area contributed by atoms with Crippen molar-refractivity contribution in [3.05, 3.63) is 118 Å². The fourth-order valence-corrected chi connectivity index (χ4v) is 7.41. The molecular weight excluding hydrogens is 548 g/mol. The van der Waals surface area contributed by atoms with Crippen LogP contribution in [0, 0.1) is 0 Å². The zero-order valence-electron chi connectivity index (χ0n) is 26.7. The van der Waals surface area contributed by atoms with Crippen molar-refractivity contribution in [3.8, 4) is 0 Å². The molecule has 1 heterocycles. The van der Waals surface area contributed by atoms with Gasteiger partial charge in [0.2, 0.25) is 0 Å². The minimum absolute atomic E-state index is 0.0761. The average Bonchev–Trinajstić information content (AvgIpc) is 3.06. The maximum Gasteiger partial charge on any atom is 0.193 e. The highest BCUT2D eigenvalue weighted by Gasteiger charge is 2.24. The van der Waals surface area contributed by atoms with Gasteiger partial charge in [-0.05, 0) is 124 Å². The number of benzene rings is 4. The molecule has 1 aliphatic rings. The second kappa shape index (κ2) is 15.2. The normalized spacial score (nSPS) is 13.3. The molecule has 0 N–H and O–H groups in total. The highest BCUT2D eigenvalue weighted by molar-refractivity contribution is 7.85. The Morgan fingerprint density at radius 3 is 1.63 bits per heavy atom. The lowest BCUT2D eigenvalue weighted by molar-refractivity contribution is 0.103. The number of hydrogen-bond donors (Lipinski definition) is 0. The molecule has 5 rings (SSSR count). The van der Waals surface area contributed by atoms with Crippen molar-refractivity contribution in [2.75, 3.05) is 36.0 Å². The van der Waals surface area contributed by atoms with E-state index < -0.39 is 10.8 Å². The maximum atomic E-state index is 12.8. The molecule has 1 unspecified atom stereocenters. The van der Waals surface area contributed by atoms with E-state index >= 15 is 0 Å². The van der Waals surface area contributed by atoms with Gasteiger partial charge in [0.25, 0.3) is 0 Å². The standard InChI is InChI=1S/C21H28N2O.C17H18OS/c1-5-22(6-2)19-13-9-17(10-14-19)21(24)18-11-15-20(16-12-18)23(7-3)8-4;1-3-12-9-13(4-2)17-15(10-12)11-14-7-5-6-8-16(14)19(17)18/h9-16H,5-8H2,1-4H3;5-10H,3-4,11H2,1-2H3. The molecule has 0 fully saturated rings. The molecule has 0 bridgehead atoms. The van der Waals surface area contributed by atoms with Crippen LogP contribution in [0.1, 0.15) is 79.7 Å². The summed E-state index contributed by atoms with van der Waals surface area (Å²) in [6.07, 6.45) is 2.90. The molecule has 0 saturated heterocycles. The third kappa shape index (κ3) is 7.27. The summed E-state index contributed by atoms with van der Waals surface area (Å²) >= 11 is 0. The van der Waals surface area contributed by atoms with Gasteiger partial charge in [0.15, 0.2) is 5.78 Å². The van der Waals surface area contributed by atoms with Crippen LogP contribution in [0.4, 0.5) is 11.4 Å². The minimum Gasteiger partial charge on any atom is -0.372 e. The van der Waals surface area contributed by atoms with E-state index in [1.807, 2.05) is 66.7 Å². The molecule has 0 aliphatic carbocycles. The van der Waals surface area contributed by atoms with Gasteiger partial charge in [-0.25, -0.2) is 4.21 Å². The summed E-state index contributed by atoms with van der Waals surface area (Å²) in [6.45, 7) is 16.8. The molecule has 4 nitrogen and oxygen atoms in total. The van der Waals surface area contributed by atoms with Gasteiger partial charge in [0.1, 0.15) is 0 Å². The maximum absolute atomic E-state index is 12.8. The first-order valence-electron chi connectivity index (χ1n) is 15.8. The van der Waals surface area contributed by atoms with Crippen molar-refractivity contribution in [2.24, 2.45) is 0 Å². The van der Waals surface area contributed by atoms with E-state index in [9.17, 15) is 9.00 Å². The zero-order valence-corrected chi connectivity index (χ0v) is 27.5. The second-order valence-corrected chi connectivity index (χ2v) is 12.2. The summed E-state index contributed by atoms with van der Waals surface area (Å²) in [6, 6.07) is 28.4. The van der Waals surface area contributed by atoms with Crippen LogP contribution in [-0.4, -0.2) is 36.2 Å². The Morgan fingerprint density at radius 1 is 0.651 bits per heavy atom. The Bertz CT molecular complexity index is 1480. The number of rotatable bonds is 10. The van der Waals surface area contributed by atoms with Gasteiger partial charge in [-0.3, -0.25) is 4.79 Å². The van der Waals surface area contributed by atoms with E-state index in [4.69, 9.17) is 0 Å². The van der Waals surface area contributed by atoms with Crippen molar-refractivity contribution in [2.45, 2.75) is 70.6 Å². The van der Waals surface area contributed by atoms with Crippen molar-refractivity contribution < 1.29 is 9.00 Å². The van der Waals surface area contributed by atoms with E-state index in [-0.39, 0.29) is 5.78 Å². The van der Waals surface area contributed by atoms with Crippen LogP contribution in [0.15, 0.2) is 94.7 Å². The van der Waals surface area contributed by atoms with Crippen molar-refractivity contribution in [3.63, 3.8) is 0 Å². The van der Waals surface area contributed by atoms with Crippen LogP contribution in [-0.2, 0) is 30.1 Å². The lowest BCUT2D eigenvalue weighted by Crippen LogP contribution is -2.22. The molecule has 226 valence electrons. The lowest BCUT2D eigenvalue weighted by Gasteiger charge is -2.22. The number of anilines is 2. The fraction of sp³-hybridized carbons (Fsp3) is 0.342. The predicted octanol–water partition coefficient (Wildman–Crippen LogP) is 8.49. The van der Waals surface area contributed by atoms with E-state index in [0.29, 0.717) is 0 Å². The van der Waals surface area contributed by atoms with Gasteiger partial charge in [-0.2, -0.15) is 0 Å². The first kappa shape index (κ1) is 32.2. The first-order valence-corrected chi connectivity index (χ1v) is 16.9. The topological polar surface area (TPSA) is 40.6 Å². The Morgan fingerprint density at radius 2 is 1.16 bits per heavy atom.